The summed E-state index contributed by atoms with van der Waals surface area (Å²) in [6, 6.07) is 6.88. The summed E-state index contributed by atoms with van der Waals surface area (Å²) in [5.74, 6) is 0.314. The van der Waals surface area contributed by atoms with Crippen LogP contribution >= 0.6 is 0 Å². The van der Waals surface area contributed by atoms with Gasteiger partial charge in [-0.3, -0.25) is 9.69 Å². The van der Waals surface area contributed by atoms with Crippen molar-refractivity contribution in [1.29, 1.82) is 5.26 Å². The average molecular weight is 287 g/mol. The number of fused-ring (bicyclic) bond motifs is 1. The van der Waals surface area contributed by atoms with Crippen LogP contribution in [0.5, 0.6) is 0 Å². The van der Waals surface area contributed by atoms with E-state index in [4.69, 9.17) is 5.26 Å². The van der Waals surface area contributed by atoms with Crippen LogP contribution in [0.4, 0.5) is 4.39 Å². The summed E-state index contributed by atoms with van der Waals surface area (Å²) in [6.07, 6.45) is 2.44. The highest BCUT2D eigenvalue weighted by atomic mass is 19.1. The van der Waals surface area contributed by atoms with Crippen molar-refractivity contribution in [1.82, 2.24) is 10.2 Å². The molecule has 2 aliphatic heterocycles. The van der Waals surface area contributed by atoms with Crippen LogP contribution in [-0.2, 0) is 11.3 Å². The monoisotopic (exact) mass is 287 g/mol. The highest BCUT2D eigenvalue weighted by molar-refractivity contribution is 5.77. The second-order valence-electron chi connectivity index (χ2n) is 5.91. The lowest BCUT2D eigenvalue weighted by atomic mass is 9.85. The number of rotatable bonds is 2. The molecule has 110 valence electrons. The van der Waals surface area contributed by atoms with Crippen LogP contribution in [0.25, 0.3) is 0 Å². The summed E-state index contributed by atoms with van der Waals surface area (Å²) in [4.78, 5) is 13.6. The molecule has 0 bridgehead atoms. The Kier molecular flexibility index (Phi) is 3.89. The number of amides is 1. The largest absolute Gasteiger partial charge is 0.353 e. The Bertz CT molecular complexity index is 596. The number of nitrogens with zero attached hydrogens (tertiary/aromatic N) is 2. The van der Waals surface area contributed by atoms with Gasteiger partial charge in [0.1, 0.15) is 5.82 Å². The smallest absolute Gasteiger partial charge is 0.220 e. The first kappa shape index (κ1) is 14.0. The zero-order chi connectivity index (χ0) is 14.8. The standard InChI is InChI=1S/C16H18FN3O/c17-14-7-11(8-18)1-2-12(14)9-20-6-5-15-13(10-20)3-4-16(21)19-15/h1-2,7,13,15H,3-6,9-10H2,(H,19,21). The number of hydrogen-bond donors (Lipinski definition) is 1. The summed E-state index contributed by atoms with van der Waals surface area (Å²) in [7, 11) is 0. The number of benzene rings is 1. The fraction of sp³-hybridized carbons (Fsp3) is 0.500. The third kappa shape index (κ3) is 3.06. The molecule has 5 heteroatoms. The molecular weight excluding hydrogens is 269 g/mol. The molecule has 2 saturated heterocycles. The topological polar surface area (TPSA) is 56.1 Å². The predicted octanol–water partition coefficient (Wildman–Crippen LogP) is 1.80. The maximum Gasteiger partial charge on any atom is 0.220 e. The van der Waals surface area contributed by atoms with Crippen LogP contribution in [0.2, 0.25) is 0 Å². The van der Waals surface area contributed by atoms with Crippen LogP contribution < -0.4 is 5.32 Å². The van der Waals surface area contributed by atoms with E-state index >= 15 is 0 Å². The molecule has 0 spiro atoms. The number of nitriles is 1. The minimum absolute atomic E-state index is 0.155. The number of halogens is 1. The molecule has 1 aromatic rings. The summed E-state index contributed by atoms with van der Waals surface area (Å²) in [5, 5.41) is 11.8. The first-order valence-electron chi connectivity index (χ1n) is 7.36. The quantitative estimate of drug-likeness (QED) is 0.902. The third-order valence-electron chi connectivity index (χ3n) is 4.48. The van der Waals surface area contributed by atoms with E-state index in [1.807, 2.05) is 6.07 Å². The Balaban J connectivity index is 1.64. The number of hydrogen-bond acceptors (Lipinski definition) is 3. The normalized spacial score (nSPS) is 25.8. The maximum absolute atomic E-state index is 13.9. The van der Waals surface area contributed by atoms with Gasteiger partial charge in [-0.25, -0.2) is 4.39 Å². The molecule has 2 heterocycles. The van der Waals surface area contributed by atoms with E-state index in [0.29, 0.717) is 30.0 Å². The van der Waals surface area contributed by atoms with Gasteiger partial charge in [0.2, 0.25) is 5.91 Å². The molecule has 2 atom stereocenters. The zero-order valence-corrected chi connectivity index (χ0v) is 11.8. The lowest BCUT2D eigenvalue weighted by Crippen LogP contribution is -2.53. The Hall–Kier alpha value is -1.93. The first-order chi connectivity index (χ1) is 10.2. The molecule has 4 nitrogen and oxygen atoms in total. The van der Waals surface area contributed by atoms with Gasteiger partial charge in [0.25, 0.3) is 0 Å². The van der Waals surface area contributed by atoms with Gasteiger partial charge in [-0.15, -0.1) is 0 Å². The van der Waals surface area contributed by atoms with Crippen LogP contribution in [-0.4, -0.2) is 29.9 Å². The van der Waals surface area contributed by atoms with Gasteiger partial charge < -0.3 is 5.32 Å². The number of carbonyl (C=O) groups excluding carboxylic acids is 1. The molecule has 3 rings (SSSR count). The summed E-state index contributed by atoms with van der Waals surface area (Å²) in [6.45, 7) is 2.32. The zero-order valence-electron chi connectivity index (χ0n) is 11.8. The van der Waals surface area contributed by atoms with Crippen LogP contribution in [0.1, 0.15) is 30.4 Å². The van der Waals surface area contributed by atoms with Gasteiger partial charge in [-0.2, -0.15) is 5.26 Å². The second kappa shape index (κ2) is 5.82. The third-order valence-corrected chi connectivity index (χ3v) is 4.48. The number of piperidine rings is 2. The predicted molar refractivity (Wildman–Crippen MR) is 75.7 cm³/mol. The van der Waals surface area contributed by atoms with Crippen molar-refractivity contribution >= 4 is 5.91 Å². The van der Waals surface area contributed by atoms with Crippen molar-refractivity contribution < 1.29 is 9.18 Å². The molecule has 1 N–H and O–H groups in total. The van der Waals surface area contributed by atoms with Gasteiger partial charge in [0.15, 0.2) is 0 Å². The van der Waals surface area contributed by atoms with E-state index in [0.717, 1.165) is 25.9 Å². The molecule has 0 saturated carbocycles. The van der Waals surface area contributed by atoms with E-state index in [1.165, 1.54) is 6.07 Å². The fourth-order valence-electron chi connectivity index (χ4n) is 3.32. The van der Waals surface area contributed by atoms with Gasteiger partial charge in [0, 0.05) is 37.7 Å². The maximum atomic E-state index is 13.9. The number of nitrogens with one attached hydrogen (secondary N) is 1. The minimum Gasteiger partial charge on any atom is -0.353 e. The van der Waals surface area contributed by atoms with Gasteiger partial charge in [0.05, 0.1) is 11.6 Å². The van der Waals surface area contributed by atoms with Gasteiger partial charge in [-0.05, 0) is 30.9 Å². The molecule has 1 amide bonds. The van der Waals surface area contributed by atoms with E-state index in [9.17, 15) is 9.18 Å². The SMILES string of the molecule is N#Cc1ccc(CN2CCC3NC(=O)CCC3C2)c(F)c1. The van der Waals surface area contributed by atoms with Gasteiger partial charge in [-0.1, -0.05) is 6.07 Å². The molecule has 21 heavy (non-hydrogen) atoms. The lowest BCUT2D eigenvalue weighted by molar-refractivity contribution is -0.125. The Morgan fingerprint density at radius 1 is 1.43 bits per heavy atom. The van der Waals surface area contributed by atoms with Crippen molar-refractivity contribution in [3.05, 3.63) is 35.1 Å². The Morgan fingerprint density at radius 2 is 2.29 bits per heavy atom. The second-order valence-corrected chi connectivity index (χ2v) is 5.91. The van der Waals surface area contributed by atoms with Crippen molar-refractivity contribution in [2.24, 2.45) is 5.92 Å². The van der Waals surface area contributed by atoms with Crippen molar-refractivity contribution in [2.75, 3.05) is 13.1 Å². The molecule has 1 aromatic carbocycles. The van der Waals surface area contributed by atoms with Crippen LogP contribution in [0, 0.1) is 23.1 Å². The first-order valence-corrected chi connectivity index (χ1v) is 7.36. The van der Waals surface area contributed by atoms with Gasteiger partial charge >= 0.3 is 0 Å². The average Bonchev–Trinajstić information content (AvgIpc) is 2.49. The highest BCUT2D eigenvalue weighted by Gasteiger charge is 2.33. The molecule has 0 radical (unpaired) electrons. The van der Waals surface area contributed by atoms with Crippen molar-refractivity contribution in [3.8, 4) is 6.07 Å². The van der Waals surface area contributed by atoms with Crippen molar-refractivity contribution in [3.63, 3.8) is 0 Å². The Morgan fingerprint density at radius 3 is 3.05 bits per heavy atom. The molecule has 0 aliphatic carbocycles. The van der Waals surface area contributed by atoms with E-state index < -0.39 is 0 Å². The van der Waals surface area contributed by atoms with Crippen LogP contribution in [0.3, 0.4) is 0 Å². The molecule has 2 unspecified atom stereocenters. The fourth-order valence-corrected chi connectivity index (χ4v) is 3.32. The highest BCUT2D eigenvalue weighted by Crippen LogP contribution is 2.26. The summed E-state index contributed by atoms with van der Waals surface area (Å²) in [5.41, 5.74) is 0.984. The molecule has 2 fully saturated rings. The molecular formula is C16H18FN3O. The van der Waals surface area contributed by atoms with E-state index in [2.05, 4.69) is 10.2 Å². The van der Waals surface area contributed by atoms with E-state index in [-0.39, 0.29) is 17.8 Å². The number of likely N-dealkylation sites (tertiary alicyclic amines) is 1. The lowest BCUT2D eigenvalue weighted by Gasteiger charge is -2.41. The van der Waals surface area contributed by atoms with Crippen LogP contribution in [0.15, 0.2) is 18.2 Å². The minimum atomic E-state index is -0.312. The van der Waals surface area contributed by atoms with E-state index in [1.54, 1.807) is 12.1 Å². The van der Waals surface area contributed by atoms with Crippen molar-refractivity contribution in [2.45, 2.75) is 31.8 Å². The Labute approximate surface area is 123 Å². The summed E-state index contributed by atoms with van der Waals surface area (Å²) >= 11 is 0. The number of carbonyl (C=O) groups is 1. The summed E-state index contributed by atoms with van der Waals surface area (Å²) < 4.78 is 13.9. The molecule has 2 aliphatic rings. The molecule has 0 aromatic heterocycles.